The lowest BCUT2D eigenvalue weighted by Crippen LogP contribution is -2.41. The molecular formula is C7H12ClNO2. The quantitative estimate of drug-likeness (QED) is 0.575. The number of hydrogen-bond acceptors (Lipinski definition) is 2. The van der Waals surface area contributed by atoms with Gasteiger partial charge in [-0.2, -0.15) is 0 Å². The molecule has 1 amide bonds. The maximum atomic E-state index is 10.9. The van der Waals surface area contributed by atoms with E-state index in [0.29, 0.717) is 0 Å². The molecule has 0 aromatic heterocycles. The first-order valence-electron chi connectivity index (χ1n) is 3.69. The Morgan fingerprint density at radius 2 is 2.36 bits per heavy atom. The lowest BCUT2D eigenvalue weighted by molar-refractivity contribution is 0.123. The van der Waals surface area contributed by atoms with Gasteiger partial charge in [-0.25, -0.2) is 9.21 Å². The van der Waals surface area contributed by atoms with Gasteiger partial charge in [-0.3, -0.25) is 0 Å². The summed E-state index contributed by atoms with van der Waals surface area (Å²) < 4.78 is 6.09. The smallest absolute Gasteiger partial charge is 0.425 e. The Balaban J connectivity index is 2.87. The highest BCUT2D eigenvalue weighted by molar-refractivity contribution is 6.21. The van der Waals surface area contributed by atoms with Gasteiger partial charge in [0.15, 0.2) is 0 Å². The normalized spacial score (nSPS) is 37.6. The van der Waals surface area contributed by atoms with Crippen molar-refractivity contribution in [1.29, 1.82) is 0 Å². The first-order chi connectivity index (χ1) is 5.02. The number of carbonyl (C=O) groups is 1. The van der Waals surface area contributed by atoms with Crippen LogP contribution in [0.4, 0.5) is 4.79 Å². The molecule has 1 aliphatic rings. The van der Waals surface area contributed by atoms with E-state index in [4.69, 9.17) is 16.5 Å². The third-order valence-electron chi connectivity index (χ3n) is 2.48. The van der Waals surface area contributed by atoms with Crippen LogP contribution in [0.15, 0.2) is 0 Å². The third-order valence-corrected chi connectivity index (χ3v) is 3.00. The zero-order chi connectivity index (χ0) is 8.65. The van der Waals surface area contributed by atoms with Crippen LogP contribution in [0.3, 0.4) is 0 Å². The van der Waals surface area contributed by atoms with E-state index >= 15 is 0 Å². The van der Waals surface area contributed by atoms with Gasteiger partial charge in [-0.1, -0.05) is 6.92 Å². The molecule has 0 aliphatic carbocycles. The summed E-state index contributed by atoms with van der Waals surface area (Å²) in [6.45, 7) is 5.74. The first kappa shape index (κ1) is 8.65. The summed E-state index contributed by atoms with van der Waals surface area (Å²) in [5, 5.41) is 0. The summed E-state index contributed by atoms with van der Waals surface area (Å²) in [7, 11) is 0. The van der Waals surface area contributed by atoms with Crippen LogP contribution in [0.2, 0.25) is 0 Å². The molecule has 3 nitrogen and oxygen atoms in total. The standard InChI is InChI=1S/C7H12ClNO2/c1-4-7(3)5(2)11-6(10)9(7)8/h5H,4H2,1-3H3. The maximum absolute atomic E-state index is 10.9. The second-order valence-electron chi connectivity index (χ2n) is 3.02. The van der Waals surface area contributed by atoms with Gasteiger partial charge in [0.05, 0.1) is 5.54 Å². The van der Waals surface area contributed by atoms with E-state index in [-0.39, 0.29) is 11.6 Å². The molecule has 0 aromatic carbocycles. The fourth-order valence-electron chi connectivity index (χ4n) is 1.12. The van der Waals surface area contributed by atoms with Crippen LogP contribution < -0.4 is 0 Å². The Bertz CT molecular complexity index is 185. The Morgan fingerprint density at radius 1 is 1.82 bits per heavy atom. The summed E-state index contributed by atoms with van der Waals surface area (Å²) >= 11 is 5.72. The number of amides is 1. The van der Waals surface area contributed by atoms with E-state index < -0.39 is 6.09 Å². The minimum atomic E-state index is -0.441. The minimum absolute atomic E-state index is 0.127. The van der Waals surface area contributed by atoms with Gasteiger partial charge in [0.2, 0.25) is 0 Å². The summed E-state index contributed by atoms with van der Waals surface area (Å²) in [5.41, 5.74) is -0.349. The molecule has 1 heterocycles. The highest BCUT2D eigenvalue weighted by Crippen LogP contribution is 2.34. The van der Waals surface area contributed by atoms with Crippen LogP contribution in [0, 0.1) is 0 Å². The van der Waals surface area contributed by atoms with Crippen molar-refractivity contribution in [3.8, 4) is 0 Å². The molecule has 64 valence electrons. The number of nitrogens with zero attached hydrogens (tertiary/aromatic N) is 1. The molecule has 0 saturated carbocycles. The van der Waals surface area contributed by atoms with E-state index in [0.717, 1.165) is 10.8 Å². The van der Waals surface area contributed by atoms with E-state index in [1.54, 1.807) is 0 Å². The maximum Gasteiger partial charge on any atom is 0.425 e. The first-order valence-corrected chi connectivity index (χ1v) is 4.02. The molecule has 1 saturated heterocycles. The fraction of sp³-hybridized carbons (Fsp3) is 0.857. The predicted molar refractivity (Wildman–Crippen MR) is 42.3 cm³/mol. The largest absolute Gasteiger partial charge is 0.443 e. The molecule has 11 heavy (non-hydrogen) atoms. The van der Waals surface area contributed by atoms with Gasteiger partial charge in [-0.05, 0) is 20.3 Å². The van der Waals surface area contributed by atoms with Gasteiger partial charge in [-0.15, -0.1) is 0 Å². The van der Waals surface area contributed by atoms with Crippen molar-refractivity contribution in [3.63, 3.8) is 0 Å². The molecule has 0 bridgehead atoms. The van der Waals surface area contributed by atoms with Gasteiger partial charge in [0.25, 0.3) is 0 Å². The Labute approximate surface area is 71.4 Å². The zero-order valence-electron chi connectivity index (χ0n) is 6.93. The van der Waals surface area contributed by atoms with Crippen molar-refractivity contribution in [2.75, 3.05) is 0 Å². The molecule has 2 unspecified atom stereocenters. The van der Waals surface area contributed by atoms with Crippen LogP contribution in [-0.2, 0) is 4.74 Å². The molecule has 0 N–H and O–H groups in total. The van der Waals surface area contributed by atoms with Crippen molar-refractivity contribution in [3.05, 3.63) is 0 Å². The van der Waals surface area contributed by atoms with E-state index in [1.165, 1.54) is 0 Å². The van der Waals surface area contributed by atoms with E-state index in [1.807, 2.05) is 20.8 Å². The fourth-order valence-corrected chi connectivity index (χ4v) is 1.42. The molecule has 1 fully saturated rings. The van der Waals surface area contributed by atoms with Crippen molar-refractivity contribution in [2.24, 2.45) is 0 Å². The number of carbonyl (C=O) groups excluding carboxylic acids is 1. The molecule has 0 spiro atoms. The highest BCUT2D eigenvalue weighted by atomic mass is 35.5. The Kier molecular flexibility index (Phi) is 2.01. The summed E-state index contributed by atoms with van der Waals surface area (Å²) in [6, 6.07) is 0. The van der Waals surface area contributed by atoms with Crippen LogP contribution in [-0.4, -0.2) is 22.2 Å². The van der Waals surface area contributed by atoms with Crippen LogP contribution in [0.25, 0.3) is 0 Å². The van der Waals surface area contributed by atoms with E-state index in [9.17, 15) is 4.79 Å². The van der Waals surface area contributed by atoms with Crippen molar-refractivity contribution in [2.45, 2.75) is 38.8 Å². The topological polar surface area (TPSA) is 29.5 Å². The average Bonchev–Trinajstić information content (AvgIpc) is 2.16. The summed E-state index contributed by atoms with van der Waals surface area (Å²) in [5.74, 6) is 0. The second-order valence-corrected chi connectivity index (χ2v) is 3.36. The summed E-state index contributed by atoms with van der Waals surface area (Å²) in [6.07, 6.45) is 0.227. The lowest BCUT2D eigenvalue weighted by Gasteiger charge is -2.27. The number of ether oxygens (including phenoxy) is 1. The molecular weight excluding hydrogens is 166 g/mol. The molecule has 4 heteroatoms. The monoisotopic (exact) mass is 177 g/mol. The molecule has 0 radical (unpaired) electrons. The van der Waals surface area contributed by atoms with Gasteiger partial charge in [0, 0.05) is 11.8 Å². The number of halogens is 1. The van der Waals surface area contributed by atoms with Gasteiger partial charge in [0.1, 0.15) is 6.10 Å². The lowest BCUT2D eigenvalue weighted by atomic mass is 9.94. The van der Waals surface area contributed by atoms with Gasteiger partial charge < -0.3 is 4.74 Å². The van der Waals surface area contributed by atoms with Gasteiger partial charge >= 0.3 is 6.09 Å². The molecule has 2 atom stereocenters. The number of hydrogen-bond donors (Lipinski definition) is 0. The summed E-state index contributed by atoms with van der Waals surface area (Å²) in [4.78, 5) is 10.9. The minimum Gasteiger partial charge on any atom is -0.443 e. The van der Waals surface area contributed by atoms with Crippen LogP contribution >= 0.6 is 11.8 Å². The third kappa shape index (κ3) is 1.07. The SMILES string of the molecule is CCC1(C)C(C)OC(=O)N1Cl. The molecule has 0 aromatic rings. The zero-order valence-corrected chi connectivity index (χ0v) is 7.68. The van der Waals surface area contributed by atoms with Crippen molar-refractivity contribution in [1.82, 2.24) is 4.42 Å². The van der Waals surface area contributed by atoms with E-state index in [2.05, 4.69) is 0 Å². The second kappa shape index (κ2) is 2.55. The Hall–Kier alpha value is -0.440. The predicted octanol–water partition coefficient (Wildman–Crippen LogP) is 2.15. The highest BCUT2D eigenvalue weighted by Gasteiger charge is 2.47. The van der Waals surface area contributed by atoms with Crippen LogP contribution in [0.1, 0.15) is 27.2 Å². The number of cyclic esters (lactones) is 1. The van der Waals surface area contributed by atoms with Crippen molar-refractivity contribution >= 4 is 17.9 Å². The molecule has 1 rings (SSSR count). The number of rotatable bonds is 1. The Morgan fingerprint density at radius 3 is 2.55 bits per heavy atom. The average molecular weight is 178 g/mol. The molecule has 1 aliphatic heterocycles. The van der Waals surface area contributed by atoms with Crippen LogP contribution in [0.5, 0.6) is 0 Å². The van der Waals surface area contributed by atoms with Crippen molar-refractivity contribution < 1.29 is 9.53 Å².